The summed E-state index contributed by atoms with van der Waals surface area (Å²) in [5.74, 6) is -1.14. The number of nitrogens with two attached hydrogens (primary N) is 1. The van der Waals surface area contributed by atoms with E-state index >= 15 is 0 Å². The summed E-state index contributed by atoms with van der Waals surface area (Å²) in [7, 11) is 0. The minimum absolute atomic E-state index is 0.127. The van der Waals surface area contributed by atoms with Crippen molar-refractivity contribution < 1.29 is 9.59 Å². The SMILES string of the molecule is CC(=O)N(C(=O)/C(C#N)=C\NCCN1CCNCC1)c1ccc(N)cc1. The molecule has 138 valence electrons. The van der Waals surface area contributed by atoms with Crippen LogP contribution in [0.15, 0.2) is 36.0 Å². The summed E-state index contributed by atoms with van der Waals surface area (Å²) in [6.07, 6.45) is 1.37. The van der Waals surface area contributed by atoms with Crippen molar-refractivity contribution >= 4 is 23.2 Å². The Kier molecular flexibility index (Phi) is 7.14. The average molecular weight is 356 g/mol. The van der Waals surface area contributed by atoms with Crippen LogP contribution in [0.5, 0.6) is 0 Å². The van der Waals surface area contributed by atoms with Crippen molar-refractivity contribution in [2.24, 2.45) is 0 Å². The molecule has 1 aliphatic rings. The monoisotopic (exact) mass is 356 g/mol. The second-order valence-electron chi connectivity index (χ2n) is 5.97. The maximum atomic E-state index is 12.6. The first kappa shape index (κ1) is 19.4. The van der Waals surface area contributed by atoms with E-state index in [9.17, 15) is 14.9 Å². The molecule has 2 amide bonds. The summed E-state index contributed by atoms with van der Waals surface area (Å²) in [6, 6.07) is 8.20. The molecule has 1 fully saturated rings. The number of nitriles is 1. The van der Waals surface area contributed by atoms with E-state index in [0.717, 1.165) is 37.6 Å². The van der Waals surface area contributed by atoms with E-state index in [1.54, 1.807) is 24.3 Å². The summed E-state index contributed by atoms with van der Waals surface area (Å²) in [4.78, 5) is 27.8. The Morgan fingerprint density at radius 1 is 1.35 bits per heavy atom. The number of anilines is 2. The molecule has 1 aromatic rings. The Bertz CT molecular complexity index is 701. The number of nitrogen functional groups attached to an aromatic ring is 1. The third-order valence-corrected chi connectivity index (χ3v) is 4.05. The predicted molar refractivity (Wildman–Crippen MR) is 100 cm³/mol. The molecule has 4 N–H and O–H groups in total. The number of rotatable bonds is 6. The van der Waals surface area contributed by atoms with Crippen LogP contribution in [0.3, 0.4) is 0 Å². The Morgan fingerprint density at radius 3 is 2.58 bits per heavy atom. The van der Waals surface area contributed by atoms with Crippen molar-refractivity contribution in [1.82, 2.24) is 15.5 Å². The smallest absolute Gasteiger partial charge is 0.277 e. The number of imide groups is 1. The topological polar surface area (TPSA) is 114 Å². The van der Waals surface area contributed by atoms with Crippen molar-refractivity contribution in [2.75, 3.05) is 49.9 Å². The molecule has 0 unspecified atom stereocenters. The van der Waals surface area contributed by atoms with Crippen molar-refractivity contribution in [3.8, 4) is 6.07 Å². The molecular formula is C18H24N6O2. The lowest BCUT2D eigenvalue weighted by molar-refractivity contribution is -0.123. The fraction of sp³-hybridized carbons (Fsp3) is 0.389. The first-order valence-electron chi connectivity index (χ1n) is 8.50. The van der Waals surface area contributed by atoms with Crippen molar-refractivity contribution in [3.05, 3.63) is 36.0 Å². The summed E-state index contributed by atoms with van der Waals surface area (Å²) < 4.78 is 0. The van der Waals surface area contributed by atoms with E-state index in [2.05, 4.69) is 15.5 Å². The average Bonchev–Trinajstić information content (AvgIpc) is 2.64. The Balaban J connectivity index is 2.01. The zero-order chi connectivity index (χ0) is 18.9. The van der Waals surface area contributed by atoms with Gasteiger partial charge >= 0.3 is 0 Å². The highest BCUT2D eigenvalue weighted by molar-refractivity contribution is 6.21. The van der Waals surface area contributed by atoms with Gasteiger partial charge in [0.1, 0.15) is 11.6 Å². The number of nitrogens with one attached hydrogen (secondary N) is 2. The number of amides is 2. The van der Waals surface area contributed by atoms with Crippen LogP contribution in [0.1, 0.15) is 6.92 Å². The Morgan fingerprint density at radius 2 is 2.00 bits per heavy atom. The molecule has 0 bridgehead atoms. The third-order valence-electron chi connectivity index (χ3n) is 4.05. The number of hydrogen-bond donors (Lipinski definition) is 3. The molecule has 1 heterocycles. The number of piperazine rings is 1. The van der Waals surface area contributed by atoms with Crippen LogP contribution >= 0.6 is 0 Å². The number of carbonyl (C=O) groups excluding carboxylic acids is 2. The largest absolute Gasteiger partial charge is 0.399 e. The standard InChI is InChI=1S/C18H24N6O2/c1-14(25)24(17-4-2-16(20)3-5-17)18(26)15(12-19)13-22-8-11-23-9-6-21-7-10-23/h2-5,13,21-22H,6-11,20H2,1H3/b15-13-. The van der Waals surface area contributed by atoms with Gasteiger partial charge in [-0.05, 0) is 24.3 Å². The highest BCUT2D eigenvalue weighted by Crippen LogP contribution is 2.18. The Labute approximate surface area is 153 Å². The fourth-order valence-corrected chi connectivity index (χ4v) is 2.66. The number of benzene rings is 1. The maximum absolute atomic E-state index is 12.6. The summed E-state index contributed by atoms with van der Waals surface area (Å²) >= 11 is 0. The molecule has 1 aromatic carbocycles. The quantitative estimate of drug-likeness (QED) is 0.286. The van der Waals surface area contributed by atoms with Crippen LogP contribution in [0, 0.1) is 11.3 Å². The van der Waals surface area contributed by atoms with Gasteiger partial charge in [0.15, 0.2) is 0 Å². The van der Waals surface area contributed by atoms with Crippen LogP contribution in [0.25, 0.3) is 0 Å². The van der Waals surface area contributed by atoms with E-state index in [0.29, 0.717) is 17.9 Å². The lowest BCUT2D eigenvalue weighted by Crippen LogP contribution is -2.45. The van der Waals surface area contributed by atoms with Gasteiger partial charge in [-0.1, -0.05) is 0 Å². The van der Waals surface area contributed by atoms with Crippen molar-refractivity contribution in [2.45, 2.75) is 6.92 Å². The zero-order valence-electron chi connectivity index (χ0n) is 14.9. The molecule has 2 rings (SSSR count). The highest BCUT2D eigenvalue weighted by atomic mass is 16.2. The van der Waals surface area contributed by atoms with Gasteiger partial charge < -0.3 is 16.4 Å². The van der Waals surface area contributed by atoms with Gasteiger partial charge in [0, 0.05) is 58.1 Å². The van der Waals surface area contributed by atoms with Crippen LogP contribution in [0.4, 0.5) is 11.4 Å². The summed E-state index contributed by atoms with van der Waals surface area (Å²) in [5, 5.41) is 15.6. The number of carbonyl (C=O) groups is 2. The molecule has 26 heavy (non-hydrogen) atoms. The van der Waals surface area contributed by atoms with E-state index in [1.807, 2.05) is 6.07 Å². The van der Waals surface area contributed by atoms with Gasteiger partial charge in [0.25, 0.3) is 5.91 Å². The molecule has 1 aliphatic heterocycles. The molecule has 0 spiro atoms. The zero-order valence-corrected chi connectivity index (χ0v) is 14.9. The van der Waals surface area contributed by atoms with Crippen LogP contribution in [0.2, 0.25) is 0 Å². The van der Waals surface area contributed by atoms with Gasteiger partial charge in [-0.2, -0.15) is 5.26 Å². The molecule has 0 radical (unpaired) electrons. The van der Waals surface area contributed by atoms with Crippen LogP contribution in [-0.2, 0) is 9.59 Å². The van der Waals surface area contributed by atoms with E-state index < -0.39 is 11.8 Å². The molecule has 1 saturated heterocycles. The summed E-state index contributed by atoms with van der Waals surface area (Å²) in [5.41, 5.74) is 6.41. The number of nitrogens with zero attached hydrogens (tertiary/aromatic N) is 3. The normalized spacial score (nSPS) is 15.2. The van der Waals surface area contributed by atoms with E-state index in [1.165, 1.54) is 13.1 Å². The third kappa shape index (κ3) is 5.31. The van der Waals surface area contributed by atoms with E-state index in [4.69, 9.17) is 5.73 Å². The van der Waals surface area contributed by atoms with Crippen LogP contribution in [-0.4, -0.2) is 56.0 Å². The van der Waals surface area contributed by atoms with Gasteiger partial charge in [-0.15, -0.1) is 0 Å². The molecule has 8 heteroatoms. The fourth-order valence-electron chi connectivity index (χ4n) is 2.66. The molecule has 0 aromatic heterocycles. The first-order chi connectivity index (χ1) is 12.5. The lowest BCUT2D eigenvalue weighted by atomic mass is 10.2. The van der Waals surface area contributed by atoms with Gasteiger partial charge in [0.2, 0.25) is 5.91 Å². The Hall–Kier alpha value is -2.89. The maximum Gasteiger partial charge on any atom is 0.277 e. The second-order valence-corrected chi connectivity index (χ2v) is 5.97. The van der Waals surface area contributed by atoms with Gasteiger partial charge in [-0.25, -0.2) is 4.90 Å². The molecule has 0 saturated carbocycles. The van der Waals surface area contributed by atoms with Crippen molar-refractivity contribution in [3.63, 3.8) is 0 Å². The summed E-state index contributed by atoms with van der Waals surface area (Å²) in [6.45, 7) is 6.59. The van der Waals surface area contributed by atoms with Crippen molar-refractivity contribution in [1.29, 1.82) is 5.26 Å². The minimum Gasteiger partial charge on any atom is -0.399 e. The molecular weight excluding hydrogens is 332 g/mol. The number of hydrogen-bond acceptors (Lipinski definition) is 7. The molecule has 8 nitrogen and oxygen atoms in total. The first-order valence-corrected chi connectivity index (χ1v) is 8.50. The molecule has 0 atom stereocenters. The van der Waals surface area contributed by atoms with Crippen LogP contribution < -0.4 is 21.3 Å². The second kappa shape index (κ2) is 9.56. The molecule has 0 aliphatic carbocycles. The van der Waals surface area contributed by atoms with Gasteiger partial charge in [-0.3, -0.25) is 14.5 Å². The lowest BCUT2D eigenvalue weighted by Gasteiger charge is -2.27. The van der Waals surface area contributed by atoms with E-state index in [-0.39, 0.29) is 5.57 Å². The highest BCUT2D eigenvalue weighted by Gasteiger charge is 2.23. The predicted octanol–water partition coefficient (Wildman–Crippen LogP) is 0.0506. The van der Waals surface area contributed by atoms with Gasteiger partial charge in [0.05, 0.1) is 5.69 Å². The minimum atomic E-state index is -0.667.